The molecule has 1 saturated heterocycles. The van der Waals surface area contributed by atoms with Crippen molar-refractivity contribution in [3.8, 4) is 16.3 Å². The van der Waals surface area contributed by atoms with Crippen LogP contribution >= 0.6 is 11.3 Å². The minimum atomic E-state index is -0.119. The van der Waals surface area contributed by atoms with Crippen molar-refractivity contribution in [2.45, 2.75) is 31.8 Å². The van der Waals surface area contributed by atoms with Crippen LogP contribution < -0.4 is 10.1 Å². The van der Waals surface area contributed by atoms with Crippen LogP contribution in [0.15, 0.2) is 30.5 Å². The van der Waals surface area contributed by atoms with Gasteiger partial charge in [-0.1, -0.05) is 12.1 Å². The number of methoxy groups -OCH3 is 1. The lowest BCUT2D eigenvalue weighted by atomic mass is 10.0. The molecule has 7 heteroatoms. The summed E-state index contributed by atoms with van der Waals surface area (Å²) in [6.45, 7) is 1.15. The lowest BCUT2D eigenvalue weighted by Gasteiger charge is -2.34. The molecule has 1 aliphatic heterocycles. The van der Waals surface area contributed by atoms with Crippen LogP contribution in [0.5, 0.6) is 5.75 Å². The molecule has 1 atom stereocenters. The smallest absolute Gasteiger partial charge is 0.318 e. The summed E-state index contributed by atoms with van der Waals surface area (Å²) in [5, 5.41) is 13.2. The first-order valence-electron chi connectivity index (χ1n) is 8.46. The second-order valence-electron chi connectivity index (χ2n) is 6.02. The minimum Gasteiger partial charge on any atom is -0.496 e. The fourth-order valence-electron chi connectivity index (χ4n) is 3.06. The maximum absolute atomic E-state index is 12.4. The maximum Gasteiger partial charge on any atom is 0.318 e. The molecule has 1 aromatic carbocycles. The second kappa shape index (κ2) is 8.31. The van der Waals surface area contributed by atoms with E-state index in [9.17, 15) is 9.90 Å². The number of aliphatic hydroxyl groups is 1. The number of benzene rings is 1. The standard InChI is InChI=1S/C18H23N3O3S/c1-24-16-8-3-2-7-15(16)17-19-10-14(25-17)11-20-18(23)21-9-5-4-6-13(21)12-22/h2-3,7-8,10,13,22H,4-6,9,11-12H2,1H3,(H,20,23). The molecule has 1 fully saturated rings. The van der Waals surface area contributed by atoms with Crippen LogP contribution in [0.3, 0.4) is 0 Å². The van der Waals surface area contributed by atoms with E-state index in [-0.39, 0.29) is 18.7 Å². The summed E-state index contributed by atoms with van der Waals surface area (Å²) in [6, 6.07) is 7.56. The van der Waals surface area contributed by atoms with Crippen LogP contribution in [0.2, 0.25) is 0 Å². The zero-order valence-corrected chi connectivity index (χ0v) is 15.1. The number of hydrogen-bond acceptors (Lipinski definition) is 5. The summed E-state index contributed by atoms with van der Waals surface area (Å²) in [4.78, 5) is 19.6. The van der Waals surface area contributed by atoms with Gasteiger partial charge in [-0.15, -0.1) is 11.3 Å². The Balaban J connectivity index is 1.63. The maximum atomic E-state index is 12.4. The van der Waals surface area contributed by atoms with E-state index < -0.39 is 0 Å². The molecule has 0 spiro atoms. The number of para-hydroxylation sites is 1. The molecule has 0 bridgehead atoms. The molecule has 0 aliphatic carbocycles. The highest BCUT2D eigenvalue weighted by atomic mass is 32.1. The fraction of sp³-hybridized carbons (Fsp3) is 0.444. The lowest BCUT2D eigenvalue weighted by Crippen LogP contribution is -2.49. The molecule has 2 N–H and O–H groups in total. The van der Waals surface area contributed by atoms with Gasteiger partial charge in [0.25, 0.3) is 0 Å². The van der Waals surface area contributed by atoms with Gasteiger partial charge in [-0.05, 0) is 31.4 Å². The van der Waals surface area contributed by atoms with Crippen LogP contribution in [0.25, 0.3) is 10.6 Å². The third-order valence-corrected chi connectivity index (χ3v) is 5.43. The predicted octanol–water partition coefficient (Wildman–Crippen LogP) is 2.88. The highest BCUT2D eigenvalue weighted by molar-refractivity contribution is 7.15. The van der Waals surface area contributed by atoms with Gasteiger partial charge in [0.2, 0.25) is 0 Å². The Morgan fingerprint density at radius 3 is 3.08 bits per heavy atom. The highest BCUT2D eigenvalue weighted by Crippen LogP contribution is 2.32. The van der Waals surface area contributed by atoms with E-state index in [1.165, 1.54) is 11.3 Å². The van der Waals surface area contributed by atoms with Gasteiger partial charge in [0.15, 0.2) is 0 Å². The molecule has 1 aliphatic rings. The number of rotatable bonds is 5. The van der Waals surface area contributed by atoms with E-state index >= 15 is 0 Å². The van der Waals surface area contributed by atoms with E-state index in [2.05, 4.69) is 10.3 Å². The zero-order valence-electron chi connectivity index (χ0n) is 14.3. The summed E-state index contributed by atoms with van der Waals surface area (Å²) in [5.74, 6) is 0.784. The quantitative estimate of drug-likeness (QED) is 0.859. The topological polar surface area (TPSA) is 74.7 Å². The summed E-state index contributed by atoms with van der Waals surface area (Å²) >= 11 is 1.54. The van der Waals surface area contributed by atoms with E-state index in [0.717, 1.165) is 40.5 Å². The number of ether oxygens (including phenoxy) is 1. The van der Waals surface area contributed by atoms with Crippen molar-refractivity contribution in [1.29, 1.82) is 0 Å². The molecule has 0 saturated carbocycles. The molecule has 3 rings (SSSR count). The Hall–Kier alpha value is -2.12. The predicted molar refractivity (Wildman–Crippen MR) is 97.8 cm³/mol. The van der Waals surface area contributed by atoms with Crippen molar-refractivity contribution < 1.29 is 14.6 Å². The molecule has 2 heterocycles. The number of aromatic nitrogens is 1. The number of carbonyl (C=O) groups excluding carboxylic acids is 1. The number of piperidine rings is 1. The molecule has 2 aromatic rings. The van der Waals surface area contributed by atoms with Gasteiger partial charge in [-0.25, -0.2) is 9.78 Å². The summed E-state index contributed by atoms with van der Waals surface area (Å²) in [7, 11) is 1.64. The fourth-order valence-corrected chi connectivity index (χ4v) is 3.94. The van der Waals surface area contributed by atoms with E-state index in [1.54, 1.807) is 18.2 Å². The number of aliphatic hydroxyl groups excluding tert-OH is 1. The van der Waals surface area contributed by atoms with Gasteiger partial charge in [-0.3, -0.25) is 0 Å². The number of thiazole rings is 1. The van der Waals surface area contributed by atoms with Gasteiger partial charge in [-0.2, -0.15) is 0 Å². The van der Waals surface area contributed by atoms with Gasteiger partial charge in [0.1, 0.15) is 10.8 Å². The van der Waals surface area contributed by atoms with Gasteiger partial charge >= 0.3 is 6.03 Å². The number of nitrogens with one attached hydrogen (secondary N) is 1. The Labute approximate surface area is 151 Å². The first kappa shape index (κ1) is 17.7. The molecular formula is C18H23N3O3S. The molecule has 1 aromatic heterocycles. The minimum absolute atomic E-state index is 0.0198. The van der Waals surface area contributed by atoms with Crippen molar-refractivity contribution in [2.75, 3.05) is 20.3 Å². The Morgan fingerprint density at radius 1 is 1.44 bits per heavy atom. The summed E-state index contributed by atoms with van der Waals surface area (Å²) < 4.78 is 5.38. The van der Waals surface area contributed by atoms with Crippen molar-refractivity contribution >= 4 is 17.4 Å². The number of nitrogens with zero attached hydrogens (tertiary/aromatic N) is 2. The van der Waals surface area contributed by atoms with Crippen molar-refractivity contribution in [3.63, 3.8) is 0 Å². The Kier molecular flexibility index (Phi) is 5.88. The first-order valence-corrected chi connectivity index (χ1v) is 9.28. The number of amides is 2. The van der Waals surface area contributed by atoms with Crippen LogP contribution in [0.4, 0.5) is 4.79 Å². The molecule has 1 unspecified atom stereocenters. The van der Waals surface area contributed by atoms with Crippen LogP contribution in [0, 0.1) is 0 Å². The zero-order chi connectivity index (χ0) is 17.6. The van der Waals surface area contributed by atoms with Gasteiger partial charge < -0.3 is 20.1 Å². The number of urea groups is 1. The third-order valence-electron chi connectivity index (χ3n) is 4.40. The summed E-state index contributed by atoms with van der Waals surface area (Å²) in [6.07, 6.45) is 4.70. The Bertz CT molecular complexity index is 719. The average molecular weight is 361 g/mol. The van der Waals surface area contributed by atoms with E-state index in [1.807, 2.05) is 24.3 Å². The molecule has 25 heavy (non-hydrogen) atoms. The second-order valence-corrected chi connectivity index (χ2v) is 7.13. The molecule has 0 radical (unpaired) electrons. The van der Waals surface area contributed by atoms with E-state index in [4.69, 9.17) is 4.74 Å². The largest absolute Gasteiger partial charge is 0.496 e. The Morgan fingerprint density at radius 2 is 2.28 bits per heavy atom. The lowest BCUT2D eigenvalue weighted by molar-refractivity contribution is 0.108. The molecular weight excluding hydrogens is 338 g/mol. The van der Waals surface area contributed by atoms with Crippen molar-refractivity contribution in [1.82, 2.24) is 15.2 Å². The normalized spacial score (nSPS) is 17.4. The molecule has 2 amide bonds. The van der Waals surface area contributed by atoms with Crippen molar-refractivity contribution in [2.24, 2.45) is 0 Å². The SMILES string of the molecule is COc1ccccc1-c1ncc(CNC(=O)N2CCCCC2CO)s1. The number of carbonyl (C=O) groups is 1. The number of hydrogen-bond donors (Lipinski definition) is 2. The average Bonchev–Trinajstić information content (AvgIpc) is 3.14. The van der Waals surface area contributed by atoms with Crippen molar-refractivity contribution in [3.05, 3.63) is 35.3 Å². The monoisotopic (exact) mass is 361 g/mol. The van der Waals surface area contributed by atoms with Gasteiger partial charge in [0, 0.05) is 17.6 Å². The first-order chi connectivity index (χ1) is 12.2. The summed E-state index contributed by atoms with van der Waals surface area (Å²) in [5.41, 5.74) is 0.948. The third kappa shape index (κ3) is 4.11. The van der Waals surface area contributed by atoms with E-state index in [0.29, 0.717) is 13.1 Å². The highest BCUT2D eigenvalue weighted by Gasteiger charge is 2.25. The van der Waals surface area contributed by atoms with Gasteiger partial charge in [0.05, 0.1) is 31.9 Å². The molecule has 6 nitrogen and oxygen atoms in total. The van der Waals surface area contributed by atoms with Crippen LogP contribution in [-0.4, -0.2) is 47.3 Å². The number of likely N-dealkylation sites (tertiary alicyclic amines) is 1. The van der Waals surface area contributed by atoms with Crippen LogP contribution in [-0.2, 0) is 6.54 Å². The van der Waals surface area contributed by atoms with Crippen LogP contribution in [0.1, 0.15) is 24.1 Å². The molecule has 134 valence electrons.